The number of hydrogen-bond donors (Lipinski definition) is 1. The first-order chi connectivity index (χ1) is 12.6. The van der Waals surface area contributed by atoms with E-state index < -0.39 is 0 Å². The Hall–Kier alpha value is -2.99. The van der Waals surface area contributed by atoms with Crippen molar-refractivity contribution in [2.75, 3.05) is 7.11 Å². The molecule has 5 nitrogen and oxygen atoms in total. The summed E-state index contributed by atoms with van der Waals surface area (Å²) >= 11 is 0.933. The fourth-order valence-corrected chi connectivity index (χ4v) is 3.67. The van der Waals surface area contributed by atoms with Gasteiger partial charge < -0.3 is 9.30 Å². The molecular weight excluding hydrogens is 348 g/mol. The molecule has 130 valence electrons. The molecule has 0 spiro atoms. The van der Waals surface area contributed by atoms with E-state index in [2.05, 4.69) is 9.88 Å². The molecule has 0 saturated carbocycles. The Balaban J connectivity index is 1.67. The van der Waals surface area contributed by atoms with Gasteiger partial charge in [0.1, 0.15) is 5.75 Å². The van der Waals surface area contributed by atoms with Gasteiger partial charge in [0.25, 0.3) is 11.1 Å². The molecule has 1 aromatic heterocycles. The number of benzene rings is 2. The summed E-state index contributed by atoms with van der Waals surface area (Å²) in [6.45, 7) is 0.737. The fourth-order valence-electron chi connectivity index (χ4n) is 3.00. The Morgan fingerprint density at radius 3 is 2.62 bits per heavy atom. The van der Waals surface area contributed by atoms with Crippen LogP contribution in [0.5, 0.6) is 5.75 Å². The van der Waals surface area contributed by atoms with Crippen LogP contribution in [0.2, 0.25) is 0 Å². The van der Waals surface area contributed by atoms with Crippen LogP contribution in [0, 0.1) is 0 Å². The Bertz CT molecular complexity index is 1030. The maximum Gasteiger partial charge on any atom is 0.290 e. The third-order valence-electron chi connectivity index (χ3n) is 4.29. The monoisotopic (exact) mass is 364 g/mol. The van der Waals surface area contributed by atoms with Gasteiger partial charge in [0.15, 0.2) is 0 Å². The van der Waals surface area contributed by atoms with Gasteiger partial charge in [0.05, 0.1) is 12.0 Å². The largest absolute Gasteiger partial charge is 0.497 e. The average Bonchev–Trinajstić information content (AvgIpc) is 3.19. The van der Waals surface area contributed by atoms with Crippen LogP contribution in [0.3, 0.4) is 0 Å². The molecule has 1 fully saturated rings. The minimum Gasteiger partial charge on any atom is -0.497 e. The minimum atomic E-state index is -0.338. The highest BCUT2D eigenvalue weighted by Crippen LogP contribution is 2.29. The zero-order valence-electron chi connectivity index (χ0n) is 14.1. The van der Waals surface area contributed by atoms with Crippen LogP contribution in [0.4, 0.5) is 4.79 Å². The molecule has 3 aromatic rings. The number of hydrogen-bond acceptors (Lipinski definition) is 4. The lowest BCUT2D eigenvalue weighted by Crippen LogP contribution is -2.17. The lowest BCUT2D eigenvalue weighted by atomic mass is 10.1. The van der Waals surface area contributed by atoms with E-state index in [4.69, 9.17) is 4.74 Å². The van der Waals surface area contributed by atoms with Crippen LogP contribution < -0.4 is 10.1 Å². The van der Waals surface area contributed by atoms with Crippen LogP contribution >= 0.6 is 11.8 Å². The zero-order valence-corrected chi connectivity index (χ0v) is 14.9. The van der Waals surface area contributed by atoms with Crippen LogP contribution in [-0.4, -0.2) is 22.8 Å². The van der Waals surface area contributed by atoms with Crippen molar-refractivity contribution < 1.29 is 14.3 Å². The average molecular weight is 364 g/mol. The van der Waals surface area contributed by atoms with Crippen LogP contribution in [0.1, 0.15) is 11.1 Å². The molecule has 0 unspecified atom stereocenters. The number of methoxy groups -OCH3 is 1. The summed E-state index contributed by atoms with van der Waals surface area (Å²) in [5.74, 6) is 0.497. The number of fused-ring (bicyclic) bond motifs is 1. The number of carbonyl (C=O) groups excluding carboxylic acids is 2. The third kappa shape index (κ3) is 3.11. The summed E-state index contributed by atoms with van der Waals surface area (Å²) in [5.41, 5.74) is 3.16. The molecule has 1 saturated heterocycles. The molecular formula is C20H16N2O3S. The molecule has 0 atom stereocenters. The first-order valence-corrected chi connectivity index (χ1v) is 8.91. The molecule has 1 aliphatic heterocycles. The number of amides is 2. The maximum absolute atomic E-state index is 11.8. The van der Waals surface area contributed by atoms with Crippen molar-refractivity contribution in [2.45, 2.75) is 6.54 Å². The van der Waals surface area contributed by atoms with Gasteiger partial charge in [0, 0.05) is 23.6 Å². The smallest absolute Gasteiger partial charge is 0.290 e. The van der Waals surface area contributed by atoms with Crippen molar-refractivity contribution in [1.82, 2.24) is 9.88 Å². The molecule has 0 aliphatic carbocycles. The van der Waals surface area contributed by atoms with Crippen molar-refractivity contribution in [1.29, 1.82) is 0 Å². The Kier molecular flexibility index (Phi) is 4.26. The van der Waals surface area contributed by atoms with E-state index in [9.17, 15) is 9.59 Å². The molecule has 2 amide bonds. The second-order valence-electron chi connectivity index (χ2n) is 5.92. The zero-order chi connectivity index (χ0) is 18.1. The number of thioether (sulfide) groups is 1. The predicted octanol–water partition coefficient (Wildman–Crippen LogP) is 4.02. The summed E-state index contributed by atoms with van der Waals surface area (Å²) in [4.78, 5) is 23.6. The number of ether oxygens (including phenoxy) is 1. The van der Waals surface area contributed by atoms with Crippen molar-refractivity contribution in [2.24, 2.45) is 0 Å². The summed E-state index contributed by atoms with van der Waals surface area (Å²) in [5, 5.41) is 3.00. The topological polar surface area (TPSA) is 60.3 Å². The van der Waals surface area contributed by atoms with Crippen molar-refractivity contribution in [3.63, 3.8) is 0 Å². The number of rotatable bonds is 4. The predicted molar refractivity (Wildman–Crippen MR) is 103 cm³/mol. The SMILES string of the molecule is COc1ccc(Cn2ccc3c(/C=C4\SC(=O)NC4=O)cccc32)cc1. The highest BCUT2D eigenvalue weighted by atomic mass is 32.2. The highest BCUT2D eigenvalue weighted by molar-refractivity contribution is 8.18. The Labute approximate surface area is 154 Å². The quantitative estimate of drug-likeness (QED) is 0.710. The van der Waals surface area contributed by atoms with Crippen LogP contribution in [0.15, 0.2) is 59.6 Å². The number of nitrogens with one attached hydrogen (secondary N) is 1. The summed E-state index contributed by atoms with van der Waals surface area (Å²) in [6.07, 6.45) is 3.80. The molecule has 2 aromatic carbocycles. The van der Waals surface area contributed by atoms with Gasteiger partial charge in [-0.15, -0.1) is 0 Å². The van der Waals surface area contributed by atoms with Gasteiger partial charge in [-0.05, 0) is 53.2 Å². The van der Waals surface area contributed by atoms with Gasteiger partial charge in [-0.3, -0.25) is 14.9 Å². The number of nitrogens with zero attached hydrogens (tertiary/aromatic N) is 1. The first kappa shape index (κ1) is 16.5. The van der Waals surface area contributed by atoms with E-state index in [0.717, 1.165) is 40.5 Å². The number of carbonyl (C=O) groups is 2. The maximum atomic E-state index is 11.8. The molecule has 6 heteroatoms. The lowest BCUT2D eigenvalue weighted by molar-refractivity contribution is -0.115. The second-order valence-corrected chi connectivity index (χ2v) is 6.94. The van der Waals surface area contributed by atoms with Gasteiger partial charge in [-0.2, -0.15) is 0 Å². The molecule has 1 aliphatic rings. The molecule has 26 heavy (non-hydrogen) atoms. The fraction of sp³-hybridized carbons (Fsp3) is 0.100. The molecule has 0 bridgehead atoms. The molecule has 4 rings (SSSR count). The number of aromatic nitrogens is 1. The van der Waals surface area contributed by atoms with Gasteiger partial charge in [-0.25, -0.2) is 0 Å². The van der Waals surface area contributed by atoms with E-state index in [1.807, 2.05) is 54.7 Å². The van der Waals surface area contributed by atoms with Crippen molar-refractivity contribution in [3.05, 3.63) is 70.8 Å². The van der Waals surface area contributed by atoms with Crippen molar-refractivity contribution in [3.8, 4) is 5.75 Å². The van der Waals surface area contributed by atoms with E-state index in [1.54, 1.807) is 13.2 Å². The minimum absolute atomic E-state index is 0.328. The molecule has 0 radical (unpaired) electrons. The normalized spacial score (nSPS) is 15.7. The Morgan fingerprint density at radius 1 is 1.12 bits per heavy atom. The Morgan fingerprint density at radius 2 is 1.92 bits per heavy atom. The van der Waals surface area contributed by atoms with Crippen molar-refractivity contribution >= 4 is 39.9 Å². The van der Waals surface area contributed by atoms with E-state index in [0.29, 0.717) is 4.91 Å². The van der Waals surface area contributed by atoms with Gasteiger partial charge >= 0.3 is 0 Å². The summed E-state index contributed by atoms with van der Waals surface area (Å²) < 4.78 is 7.36. The first-order valence-electron chi connectivity index (χ1n) is 8.10. The van der Waals surface area contributed by atoms with Gasteiger partial charge in [-0.1, -0.05) is 24.3 Å². The summed E-state index contributed by atoms with van der Waals surface area (Å²) in [6, 6.07) is 16.0. The lowest BCUT2D eigenvalue weighted by Gasteiger charge is -2.07. The highest BCUT2D eigenvalue weighted by Gasteiger charge is 2.25. The van der Waals surface area contributed by atoms with E-state index in [-0.39, 0.29) is 11.1 Å². The van der Waals surface area contributed by atoms with Crippen LogP contribution in [0.25, 0.3) is 17.0 Å². The number of imide groups is 1. The van der Waals surface area contributed by atoms with E-state index in [1.165, 1.54) is 5.56 Å². The molecule has 2 heterocycles. The second kappa shape index (κ2) is 6.72. The molecule has 1 N–H and O–H groups in total. The standard InChI is InChI=1S/C20H16N2O3S/c1-25-15-7-5-13(6-8-15)12-22-10-9-16-14(3-2-4-17(16)22)11-18-19(23)21-20(24)26-18/h2-11H,12H2,1H3,(H,21,23,24)/b18-11-. The van der Waals surface area contributed by atoms with Gasteiger partial charge in [0.2, 0.25) is 0 Å². The summed E-state index contributed by atoms with van der Waals surface area (Å²) in [7, 11) is 1.65. The van der Waals surface area contributed by atoms with Crippen LogP contribution in [-0.2, 0) is 11.3 Å². The van der Waals surface area contributed by atoms with E-state index >= 15 is 0 Å². The third-order valence-corrected chi connectivity index (χ3v) is 5.10.